The van der Waals surface area contributed by atoms with Gasteiger partial charge in [0.2, 0.25) is 0 Å². The van der Waals surface area contributed by atoms with Crippen LogP contribution < -0.4 is 4.74 Å². The van der Waals surface area contributed by atoms with E-state index in [1.165, 1.54) is 0 Å². The van der Waals surface area contributed by atoms with Crippen molar-refractivity contribution in [2.75, 3.05) is 13.7 Å². The molecule has 0 fully saturated rings. The molecule has 0 saturated carbocycles. The Kier molecular flexibility index (Phi) is 4.23. The molecule has 0 atom stereocenters. The summed E-state index contributed by atoms with van der Waals surface area (Å²) in [5, 5.41) is 0. The van der Waals surface area contributed by atoms with Crippen molar-refractivity contribution in [2.24, 2.45) is 4.99 Å². The number of aliphatic imine (C=N–C) groups is 1. The van der Waals surface area contributed by atoms with Gasteiger partial charge in [-0.3, -0.25) is 4.99 Å². The first-order valence-electron chi connectivity index (χ1n) is 6.25. The second-order valence-electron chi connectivity index (χ2n) is 4.14. The molecule has 0 aromatic carbocycles. The van der Waals surface area contributed by atoms with E-state index in [0.717, 1.165) is 42.2 Å². The lowest BCUT2D eigenvalue weighted by Gasteiger charge is -1.96. The topological polar surface area (TPSA) is 53.2 Å². The van der Waals surface area contributed by atoms with Crippen molar-refractivity contribution in [1.82, 2.24) is 9.97 Å². The second-order valence-corrected chi connectivity index (χ2v) is 4.14. The van der Waals surface area contributed by atoms with Crippen LogP contribution in [-0.4, -0.2) is 29.8 Å². The maximum Gasteiger partial charge on any atom is 0.146 e. The lowest BCUT2D eigenvalue weighted by atomic mass is 10.3. The summed E-state index contributed by atoms with van der Waals surface area (Å²) in [6.45, 7) is 3.02. The number of aromatic nitrogens is 2. The quantitative estimate of drug-likeness (QED) is 0.595. The summed E-state index contributed by atoms with van der Waals surface area (Å²) in [5.41, 5.74) is 2.97. The molecule has 2 aromatic heterocycles. The molecule has 96 valence electrons. The van der Waals surface area contributed by atoms with Gasteiger partial charge in [0, 0.05) is 25.0 Å². The van der Waals surface area contributed by atoms with Crippen LogP contribution in [0.25, 0.3) is 11.4 Å². The normalized spacial score (nSPS) is 11.2. The third-order valence-corrected chi connectivity index (χ3v) is 2.78. The molecular formula is C14H19N3O. The zero-order valence-corrected chi connectivity index (χ0v) is 10.9. The van der Waals surface area contributed by atoms with E-state index in [9.17, 15) is 0 Å². The van der Waals surface area contributed by atoms with Gasteiger partial charge in [0.15, 0.2) is 0 Å². The largest absolute Gasteiger partial charge is 0.494 e. The third kappa shape index (κ3) is 2.83. The Balaban J connectivity index is 2.17. The molecule has 2 aromatic rings. The van der Waals surface area contributed by atoms with E-state index in [4.69, 9.17) is 4.74 Å². The van der Waals surface area contributed by atoms with Crippen molar-refractivity contribution in [3.05, 3.63) is 30.1 Å². The van der Waals surface area contributed by atoms with Gasteiger partial charge in [-0.25, -0.2) is 0 Å². The van der Waals surface area contributed by atoms with Gasteiger partial charge in [-0.1, -0.05) is 13.3 Å². The first-order valence-corrected chi connectivity index (χ1v) is 6.25. The SMILES string of the molecule is CCCCN=Cc1[nH]c(-c2ccc[nH]2)cc1OC. The van der Waals surface area contributed by atoms with Gasteiger partial charge in [0.25, 0.3) is 0 Å². The average Bonchev–Trinajstić information content (AvgIpc) is 3.03. The Labute approximate surface area is 107 Å². The summed E-state index contributed by atoms with van der Waals surface area (Å²) in [4.78, 5) is 10.9. The zero-order valence-electron chi connectivity index (χ0n) is 10.9. The zero-order chi connectivity index (χ0) is 12.8. The molecule has 0 bridgehead atoms. The first kappa shape index (κ1) is 12.5. The van der Waals surface area contributed by atoms with Crippen LogP contribution in [0.3, 0.4) is 0 Å². The molecule has 2 rings (SSSR count). The molecule has 0 unspecified atom stereocenters. The van der Waals surface area contributed by atoms with Gasteiger partial charge in [-0.2, -0.15) is 0 Å². The smallest absolute Gasteiger partial charge is 0.146 e. The number of nitrogens with one attached hydrogen (secondary N) is 2. The predicted octanol–water partition coefficient (Wildman–Crippen LogP) is 3.24. The Hall–Kier alpha value is -1.97. The fourth-order valence-electron chi connectivity index (χ4n) is 1.76. The van der Waals surface area contributed by atoms with Crippen LogP contribution in [0, 0.1) is 0 Å². The van der Waals surface area contributed by atoms with Crippen molar-refractivity contribution in [3.8, 4) is 17.1 Å². The van der Waals surface area contributed by atoms with E-state index < -0.39 is 0 Å². The molecule has 2 N–H and O–H groups in total. The number of methoxy groups -OCH3 is 1. The Morgan fingerprint density at radius 2 is 2.28 bits per heavy atom. The van der Waals surface area contributed by atoms with Gasteiger partial charge >= 0.3 is 0 Å². The molecule has 0 spiro atoms. The molecule has 0 aliphatic heterocycles. The maximum absolute atomic E-state index is 5.34. The van der Waals surface area contributed by atoms with Crippen molar-refractivity contribution < 1.29 is 4.74 Å². The fraction of sp³-hybridized carbons (Fsp3) is 0.357. The minimum absolute atomic E-state index is 0.819. The summed E-state index contributed by atoms with van der Waals surface area (Å²) >= 11 is 0. The highest BCUT2D eigenvalue weighted by molar-refractivity contribution is 5.83. The summed E-state index contributed by atoms with van der Waals surface area (Å²) in [6, 6.07) is 5.97. The monoisotopic (exact) mass is 245 g/mol. The average molecular weight is 245 g/mol. The van der Waals surface area contributed by atoms with Crippen molar-refractivity contribution >= 4 is 6.21 Å². The van der Waals surface area contributed by atoms with Gasteiger partial charge in [0.05, 0.1) is 24.2 Å². The van der Waals surface area contributed by atoms with Gasteiger partial charge < -0.3 is 14.7 Å². The van der Waals surface area contributed by atoms with Crippen molar-refractivity contribution in [2.45, 2.75) is 19.8 Å². The molecule has 2 heterocycles. The summed E-state index contributed by atoms with van der Waals surface area (Å²) in [6.07, 6.45) is 6.02. The van der Waals surface area contributed by atoms with Crippen LogP contribution in [0.5, 0.6) is 5.75 Å². The molecule has 0 aliphatic rings. The fourth-order valence-corrected chi connectivity index (χ4v) is 1.76. The highest BCUT2D eigenvalue weighted by Gasteiger charge is 2.08. The van der Waals surface area contributed by atoms with Crippen LogP contribution in [0.15, 0.2) is 29.4 Å². The maximum atomic E-state index is 5.34. The van der Waals surface area contributed by atoms with E-state index in [0.29, 0.717) is 0 Å². The van der Waals surface area contributed by atoms with Crippen molar-refractivity contribution in [1.29, 1.82) is 0 Å². The first-order chi connectivity index (χ1) is 8.85. The molecule has 18 heavy (non-hydrogen) atoms. The van der Waals surface area contributed by atoms with E-state index in [1.54, 1.807) is 7.11 Å². The molecule has 0 radical (unpaired) electrons. The standard InChI is InChI=1S/C14H19N3O/c1-3-4-7-15-10-13-14(18-2)9-12(17-13)11-6-5-8-16-11/h5-6,8-10,16-17H,3-4,7H2,1-2H3. The number of H-pyrrole nitrogens is 2. The van der Waals surface area contributed by atoms with E-state index in [-0.39, 0.29) is 0 Å². The van der Waals surface area contributed by atoms with Crippen LogP contribution in [-0.2, 0) is 0 Å². The lowest BCUT2D eigenvalue weighted by Crippen LogP contribution is -1.89. The van der Waals surface area contributed by atoms with Gasteiger partial charge in [-0.15, -0.1) is 0 Å². The van der Waals surface area contributed by atoms with Crippen LogP contribution in [0.2, 0.25) is 0 Å². The molecule has 4 heteroatoms. The Morgan fingerprint density at radius 1 is 1.39 bits per heavy atom. The molecule has 0 amide bonds. The molecule has 0 aliphatic carbocycles. The van der Waals surface area contributed by atoms with E-state index >= 15 is 0 Å². The van der Waals surface area contributed by atoms with Crippen molar-refractivity contribution in [3.63, 3.8) is 0 Å². The molecule has 4 nitrogen and oxygen atoms in total. The number of aromatic amines is 2. The number of unbranched alkanes of at least 4 members (excludes halogenated alkanes) is 1. The number of hydrogen-bond donors (Lipinski definition) is 2. The van der Waals surface area contributed by atoms with E-state index in [1.807, 2.05) is 30.6 Å². The van der Waals surface area contributed by atoms with Crippen LogP contribution >= 0.6 is 0 Å². The summed E-state index contributed by atoms with van der Waals surface area (Å²) < 4.78 is 5.34. The minimum atomic E-state index is 0.819. The Bertz CT molecular complexity index is 497. The minimum Gasteiger partial charge on any atom is -0.494 e. The number of rotatable bonds is 6. The van der Waals surface area contributed by atoms with Gasteiger partial charge in [-0.05, 0) is 18.6 Å². The summed E-state index contributed by atoms with van der Waals surface area (Å²) in [5.74, 6) is 0.819. The van der Waals surface area contributed by atoms with Crippen LogP contribution in [0.4, 0.5) is 0 Å². The number of ether oxygens (including phenoxy) is 1. The van der Waals surface area contributed by atoms with E-state index in [2.05, 4.69) is 21.9 Å². The van der Waals surface area contributed by atoms with Gasteiger partial charge in [0.1, 0.15) is 5.75 Å². The predicted molar refractivity (Wildman–Crippen MR) is 74.5 cm³/mol. The highest BCUT2D eigenvalue weighted by Crippen LogP contribution is 2.24. The third-order valence-electron chi connectivity index (χ3n) is 2.78. The lowest BCUT2D eigenvalue weighted by molar-refractivity contribution is 0.415. The van der Waals surface area contributed by atoms with Crippen LogP contribution in [0.1, 0.15) is 25.5 Å². The molecular weight excluding hydrogens is 226 g/mol. The summed E-state index contributed by atoms with van der Waals surface area (Å²) in [7, 11) is 1.67. The second kappa shape index (κ2) is 6.10. The number of hydrogen-bond acceptors (Lipinski definition) is 2. The highest BCUT2D eigenvalue weighted by atomic mass is 16.5. The number of nitrogens with zero attached hydrogens (tertiary/aromatic N) is 1. The molecule has 0 saturated heterocycles. The Morgan fingerprint density at radius 3 is 2.94 bits per heavy atom.